The average molecular weight is 289 g/mol. The molecule has 114 valence electrons. The second kappa shape index (κ2) is 6.02. The highest BCUT2D eigenvalue weighted by atomic mass is 16.3. The van der Waals surface area contributed by atoms with Crippen molar-refractivity contribution in [2.24, 2.45) is 5.92 Å². The zero-order valence-corrected chi connectivity index (χ0v) is 12.5. The lowest BCUT2D eigenvalue weighted by atomic mass is 10.0. The zero-order valence-electron chi connectivity index (χ0n) is 12.5. The number of aromatic nitrogens is 1. The minimum absolute atomic E-state index is 0.0265. The zero-order chi connectivity index (χ0) is 14.8. The number of rotatable bonds is 3. The van der Waals surface area contributed by atoms with E-state index in [-0.39, 0.29) is 17.9 Å². The lowest BCUT2D eigenvalue weighted by molar-refractivity contribution is 0.0762. The summed E-state index contributed by atoms with van der Waals surface area (Å²) < 4.78 is 0. The second-order valence-corrected chi connectivity index (χ2v) is 6.14. The SMILES string of the molecule is CC(O)C1CCN(C(=O)c2ccc(N3CCCC3)nc2)C1. The van der Waals surface area contributed by atoms with Crippen molar-refractivity contribution in [3.63, 3.8) is 0 Å². The Morgan fingerprint density at radius 2 is 2.10 bits per heavy atom. The van der Waals surface area contributed by atoms with E-state index in [1.807, 2.05) is 17.0 Å². The van der Waals surface area contributed by atoms with E-state index in [0.717, 1.165) is 31.9 Å². The minimum Gasteiger partial charge on any atom is -0.393 e. The molecule has 2 aliphatic heterocycles. The van der Waals surface area contributed by atoms with Gasteiger partial charge in [0.25, 0.3) is 5.91 Å². The number of aliphatic hydroxyl groups excluding tert-OH is 1. The van der Waals surface area contributed by atoms with Gasteiger partial charge in [-0.2, -0.15) is 0 Å². The minimum atomic E-state index is -0.349. The molecular weight excluding hydrogens is 266 g/mol. The van der Waals surface area contributed by atoms with E-state index in [0.29, 0.717) is 12.1 Å². The molecule has 0 bridgehead atoms. The maximum Gasteiger partial charge on any atom is 0.255 e. The quantitative estimate of drug-likeness (QED) is 0.917. The Morgan fingerprint density at radius 1 is 1.33 bits per heavy atom. The molecule has 2 fully saturated rings. The first kappa shape index (κ1) is 14.3. The van der Waals surface area contributed by atoms with E-state index in [2.05, 4.69) is 9.88 Å². The summed E-state index contributed by atoms with van der Waals surface area (Å²) in [6, 6.07) is 3.82. The number of pyridine rings is 1. The summed E-state index contributed by atoms with van der Waals surface area (Å²) in [5.74, 6) is 1.19. The molecule has 2 aliphatic rings. The second-order valence-electron chi connectivity index (χ2n) is 6.14. The summed E-state index contributed by atoms with van der Waals surface area (Å²) in [5.41, 5.74) is 0.643. The van der Waals surface area contributed by atoms with Crippen LogP contribution in [-0.4, -0.2) is 53.2 Å². The Hall–Kier alpha value is -1.62. The molecule has 5 nitrogen and oxygen atoms in total. The van der Waals surface area contributed by atoms with Gasteiger partial charge in [0.1, 0.15) is 5.82 Å². The van der Waals surface area contributed by atoms with Crippen LogP contribution in [0.1, 0.15) is 36.5 Å². The topological polar surface area (TPSA) is 56.7 Å². The van der Waals surface area contributed by atoms with Crippen molar-refractivity contribution >= 4 is 11.7 Å². The first-order valence-corrected chi connectivity index (χ1v) is 7.83. The highest BCUT2D eigenvalue weighted by Crippen LogP contribution is 2.22. The molecule has 1 N–H and O–H groups in total. The smallest absolute Gasteiger partial charge is 0.255 e. The van der Waals surface area contributed by atoms with Crippen LogP contribution in [0.15, 0.2) is 18.3 Å². The van der Waals surface area contributed by atoms with Gasteiger partial charge in [-0.1, -0.05) is 0 Å². The number of nitrogens with zero attached hydrogens (tertiary/aromatic N) is 3. The van der Waals surface area contributed by atoms with Crippen molar-refractivity contribution in [2.45, 2.75) is 32.3 Å². The molecule has 0 radical (unpaired) electrons. The third-order valence-corrected chi connectivity index (χ3v) is 4.62. The molecule has 2 saturated heterocycles. The van der Waals surface area contributed by atoms with Gasteiger partial charge in [0.2, 0.25) is 0 Å². The maximum absolute atomic E-state index is 12.4. The fourth-order valence-corrected chi connectivity index (χ4v) is 3.19. The van der Waals surface area contributed by atoms with E-state index >= 15 is 0 Å². The lowest BCUT2D eigenvalue weighted by Crippen LogP contribution is -2.30. The van der Waals surface area contributed by atoms with Gasteiger partial charge in [-0.05, 0) is 38.3 Å². The number of likely N-dealkylation sites (tertiary alicyclic amines) is 1. The fraction of sp³-hybridized carbons (Fsp3) is 0.625. The first-order chi connectivity index (χ1) is 10.1. The summed E-state index contributed by atoms with van der Waals surface area (Å²) in [4.78, 5) is 21.0. The van der Waals surface area contributed by atoms with Gasteiger partial charge >= 0.3 is 0 Å². The highest BCUT2D eigenvalue weighted by molar-refractivity contribution is 5.94. The standard InChI is InChI=1S/C16H23N3O2/c1-12(20)14-6-9-19(11-14)16(21)13-4-5-15(17-10-13)18-7-2-3-8-18/h4-5,10,12,14,20H,2-3,6-9,11H2,1H3. The number of hydrogen-bond acceptors (Lipinski definition) is 4. The predicted molar refractivity (Wildman–Crippen MR) is 81.4 cm³/mol. The normalized spacial score (nSPS) is 23.6. The van der Waals surface area contributed by atoms with Crippen molar-refractivity contribution < 1.29 is 9.90 Å². The number of carbonyl (C=O) groups excluding carboxylic acids is 1. The monoisotopic (exact) mass is 289 g/mol. The van der Waals surface area contributed by atoms with Gasteiger partial charge in [0.15, 0.2) is 0 Å². The van der Waals surface area contributed by atoms with E-state index in [1.54, 1.807) is 13.1 Å². The summed E-state index contributed by atoms with van der Waals surface area (Å²) in [5, 5.41) is 9.62. The summed E-state index contributed by atoms with van der Waals surface area (Å²) in [6.45, 7) is 5.28. The van der Waals surface area contributed by atoms with Crippen LogP contribution in [0.25, 0.3) is 0 Å². The van der Waals surface area contributed by atoms with Crippen LogP contribution >= 0.6 is 0 Å². The molecule has 0 aliphatic carbocycles. The molecule has 3 rings (SSSR count). The molecule has 1 aromatic heterocycles. The van der Waals surface area contributed by atoms with Gasteiger partial charge in [-0.3, -0.25) is 4.79 Å². The van der Waals surface area contributed by atoms with E-state index in [9.17, 15) is 9.90 Å². The first-order valence-electron chi connectivity index (χ1n) is 7.83. The van der Waals surface area contributed by atoms with Crippen molar-refractivity contribution in [3.05, 3.63) is 23.9 Å². The van der Waals surface area contributed by atoms with Crippen molar-refractivity contribution in [1.82, 2.24) is 9.88 Å². The van der Waals surface area contributed by atoms with E-state index < -0.39 is 0 Å². The number of anilines is 1. The number of aliphatic hydroxyl groups is 1. The molecule has 1 amide bonds. The van der Waals surface area contributed by atoms with Gasteiger partial charge in [0, 0.05) is 38.3 Å². The molecule has 0 saturated carbocycles. The van der Waals surface area contributed by atoms with Crippen molar-refractivity contribution in [3.8, 4) is 0 Å². The maximum atomic E-state index is 12.4. The Balaban J connectivity index is 1.65. The molecule has 0 spiro atoms. The largest absolute Gasteiger partial charge is 0.393 e. The average Bonchev–Trinajstić information content (AvgIpc) is 3.18. The molecule has 3 heterocycles. The third-order valence-electron chi connectivity index (χ3n) is 4.62. The fourth-order valence-electron chi connectivity index (χ4n) is 3.19. The van der Waals surface area contributed by atoms with E-state index in [4.69, 9.17) is 0 Å². The molecule has 21 heavy (non-hydrogen) atoms. The van der Waals surface area contributed by atoms with Crippen LogP contribution in [0.4, 0.5) is 5.82 Å². The van der Waals surface area contributed by atoms with Gasteiger partial charge < -0.3 is 14.9 Å². The number of hydrogen-bond donors (Lipinski definition) is 1. The molecule has 5 heteroatoms. The van der Waals surface area contributed by atoms with Crippen LogP contribution in [0.2, 0.25) is 0 Å². The van der Waals surface area contributed by atoms with Crippen LogP contribution < -0.4 is 4.90 Å². The Labute approximate surface area is 125 Å². The summed E-state index contributed by atoms with van der Waals surface area (Å²) in [7, 11) is 0. The number of amides is 1. The number of carbonyl (C=O) groups is 1. The van der Waals surface area contributed by atoms with Gasteiger partial charge in [-0.15, -0.1) is 0 Å². The van der Waals surface area contributed by atoms with Crippen LogP contribution in [-0.2, 0) is 0 Å². The van der Waals surface area contributed by atoms with Crippen LogP contribution in [0.3, 0.4) is 0 Å². The Kier molecular flexibility index (Phi) is 4.10. The Bertz CT molecular complexity index is 495. The van der Waals surface area contributed by atoms with Crippen molar-refractivity contribution in [2.75, 3.05) is 31.1 Å². The van der Waals surface area contributed by atoms with Gasteiger partial charge in [-0.25, -0.2) is 4.98 Å². The highest BCUT2D eigenvalue weighted by Gasteiger charge is 2.29. The third kappa shape index (κ3) is 3.02. The van der Waals surface area contributed by atoms with E-state index in [1.165, 1.54) is 12.8 Å². The van der Waals surface area contributed by atoms with Gasteiger partial charge in [0.05, 0.1) is 11.7 Å². The Morgan fingerprint density at radius 3 is 2.67 bits per heavy atom. The van der Waals surface area contributed by atoms with Crippen molar-refractivity contribution in [1.29, 1.82) is 0 Å². The predicted octanol–water partition coefficient (Wildman–Crippen LogP) is 1.52. The molecule has 2 unspecified atom stereocenters. The summed E-state index contributed by atoms with van der Waals surface area (Å²) in [6.07, 6.45) is 4.65. The van der Waals surface area contributed by atoms with Crippen LogP contribution in [0, 0.1) is 5.92 Å². The molecule has 2 atom stereocenters. The lowest BCUT2D eigenvalue weighted by Gasteiger charge is -2.19. The molecule has 1 aromatic rings. The van der Waals surface area contributed by atoms with Crippen LogP contribution in [0.5, 0.6) is 0 Å². The summed E-state index contributed by atoms with van der Waals surface area (Å²) >= 11 is 0. The molecule has 0 aromatic carbocycles. The molecular formula is C16H23N3O2.